The molecule has 1 rings (SSSR count). The van der Waals surface area contributed by atoms with E-state index >= 15 is 0 Å². The SMILES string of the molecule is C=CC(=O)OC/C=C(C)/C=C/C=C(C)/C=C/C1=C(C)CCCC1(C)C. The topological polar surface area (TPSA) is 26.3 Å². The quantitative estimate of drug-likeness (QED) is 0.311. The molecule has 1 aliphatic rings. The molecule has 2 nitrogen and oxygen atoms in total. The molecule has 0 bridgehead atoms. The van der Waals surface area contributed by atoms with Crippen molar-refractivity contribution in [2.75, 3.05) is 6.61 Å². The molecule has 0 aromatic heterocycles. The van der Waals surface area contributed by atoms with E-state index in [1.807, 2.05) is 25.2 Å². The molecule has 0 aliphatic heterocycles. The zero-order valence-electron chi connectivity index (χ0n) is 16.4. The molecule has 136 valence electrons. The van der Waals surface area contributed by atoms with Crippen LogP contribution in [0.4, 0.5) is 0 Å². The van der Waals surface area contributed by atoms with Crippen molar-refractivity contribution in [3.05, 3.63) is 71.4 Å². The predicted octanol–water partition coefficient (Wildman–Crippen LogP) is 6.25. The molecule has 0 heterocycles. The van der Waals surface area contributed by atoms with Gasteiger partial charge in [0.2, 0.25) is 0 Å². The normalized spacial score (nSPS) is 18.9. The highest BCUT2D eigenvalue weighted by atomic mass is 16.5. The van der Waals surface area contributed by atoms with Gasteiger partial charge in [-0.2, -0.15) is 0 Å². The van der Waals surface area contributed by atoms with Crippen LogP contribution in [0.3, 0.4) is 0 Å². The van der Waals surface area contributed by atoms with Gasteiger partial charge >= 0.3 is 5.97 Å². The van der Waals surface area contributed by atoms with E-state index in [1.54, 1.807) is 0 Å². The van der Waals surface area contributed by atoms with Gasteiger partial charge in [0.1, 0.15) is 6.61 Å². The second kappa shape index (κ2) is 10.0. The summed E-state index contributed by atoms with van der Waals surface area (Å²) < 4.78 is 4.93. The molecule has 1 aliphatic carbocycles. The first-order valence-electron chi connectivity index (χ1n) is 8.95. The van der Waals surface area contributed by atoms with Crippen molar-refractivity contribution in [1.82, 2.24) is 0 Å². The zero-order valence-corrected chi connectivity index (χ0v) is 16.4. The number of ether oxygens (including phenoxy) is 1. The lowest BCUT2D eigenvalue weighted by Crippen LogP contribution is -2.19. The molecular formula is C23H32O2. The number of hydrogen-bond donors (Lipinski definition) is 0. The average molecular weight is 341 g/mol. The van der Waals surface area contributed by atoms with Gasteiger partial charge in [0.25, 0.3) is 0 Å². The lowest BCUT2D eigenvalue weighted by Gasteiger charge is -2.32. The Morgan fingerprint density at radius 2 is 1.96 bits per heavy atom. The van der Waals surface area contributed by atoms with E-state index in [0.717, 1.165) is 5.57 Å². The maximum atomic E-state index is 11.0. The molecule has 0 aromatic carbocycles. The van der Waals surface area contributed by atoms with Crippen molar-refractivity contribution in [1.29, 1.82) is 0 Å². The second-order valence-electron chi connectivity index (χ2n) is 7.32. The lowest BCUT2D eigenvalue weighted by molar-refractivity contribution is -0.136. The van der Waals surface area contributed by atoms with E-state index in [1.165, 1.54) is 42.1 Å². The Bertz CT molecular complexity index is 637. The van der Waals surface area contributed by atoms with Crippen molar-refractivity contribution in [3.8, 4) is 0 Å². The first-order chi connectivity index (χ1) is 11.8. The summed E-state index contributed by atoms with van der Waals surface area (Å²) in [6, 6.07) is 0. The minimum atomic E-state index is -0.399. The van der Waals surface area contributed by atoms with E-state index in [4.69, 9.17) is 4.74 Å². The summed E-state index contributed by atoms with van der Waals surface area (Å²) in [6.07, 6.45) is 17.4. The predicted molar refractivity (Wildman–Crippen MR) is 107 cm³/mol. The Morgan fingerprint density at radius 3 is 2.60 bits per heavy atom. The van der Waals surface area contributed by atoms with E-state index < -0.39 is 5.97 Å². The van der Waals surface area contributed by atoms with Crippen LogP contribution < -0.4 is 0 Å². The van der Waals surface area contributed by atoms with Gasteiger partial charge in [-0.05, 0) is 57.1 Å². The van der Waals surface area contributed by atoms with E-state index in [9.17, 15) is 4.79 Å². The van der Waals surface area contributed by atoms with Gasteiger partial charge < -0.3 is 4.74 Å². The number of rotatable bonds is 7. The van der Waals surface area contributed by atoms with Crippen molar-refractivity contribution in [3.63, 3.8) is 0 Å². The standard InChI is InChI=1S/C23H32O2/c1-7-22(24)25-17-15-19(3)11-8-10-18(2)13-14-21-20(4)12-9-16-23(21,5)6/h7-8,10-11,13-15H,1,9,12,16-17H2,2-6H3/b11-8+,14-13+,18-10+,19-15+. The number of carbonyl (C=O) groups excluding carboxylic acids is 1. The molecule has 0 amide bonds. The molecule has 0 N–H and O–H groups in total. The zero-order chi connectivity index (χ0) is 18.9. The Labute approximate surface area is 153 Å². The molecule has 0 atom stereocenters. The third kappa shape index (κ3) is 7.55. The van der Waals surface area contributed by atoms with Gasteiger partial charge in [-0.1, -0.05) is 67.5 Å². The van der Waals surface area contributed by atoms with Gasteiger partial charge in [0, 0.05) is 6.08 Å². The summed E-state index contributed by atoms with van der Waals surface area (Å²) in [4.78, 5) is 11.0. The molecule has 0 fully saturated rings. The Balaban J connectivity index is 2.64. The largest absolute Gasteiger partial charge is 0.458 e. The molecular weight excluding hydrogens is 308 g/mol. The summed E-state index contributed by atoms with van der Waals surface area (Å²) in [6.45, 7) is 14.7. The molecule has 0 saturated heterocycles. The monoisotopic (exact) mass is 340 g/mol. The third-order valence-electron chi connectivity index (χ3n) is 4.57. The van der Waals surface area contributed by atoms with Gasteiger partial charge in [0.15, 0.2) is 0 Å². The maximum absolute atomic E-state index is 11.0. The lowest BCUT2D eigenvalue weighted by atomic mass is 9.72. The average Bonchev–Trinajstić information content (AvgIpc) is 2.53. The van der Waals surface area contributed by atoms with Crippen LogP contribution >= 0.6 is 0 Å². The van der Waals surface area contributed by atoms with Gasteiger partial charge in [-0.3, -0.25) is 0 Å². The summed E-state index contributed by atoms with van der Waals surface area (Å²) in [5, 5.41) is 0. The molecule has 0 spiro atoms. The molecule has 2 heteroatoms. The van der Waals surface area contributed by atoms with Crippen LogP contribution in [-0.2, 0) is 9.53 Å². The highest BCUT2D eigenvalue weighted by Crippen LogP contribution is 2.40. The van der Waals surface area contributed by atoms with Crippen molar-refractivity contribution in [2.45, 2.75) is 53.9 Å². The summed E-state index contributed by atoms with van der Waals surface area (Å²) in [7, 11) is 0. The van der Waals surface area contributed by atoms with Crippen molar-refractivity contribution < 1.29 is 9.53 Å². The maximum Gasteiger partial charge on any atom is 0.330 e. The van der Waals surface area contributed by atoms with Crippen LogP contribution in [0.5, 0.6) is 0 Å². The van der Waals surface area contributed by atoms with Crippen LogP contribution in [-0.4, -0.2) is 12.6 Å². The fourth-order valence-corrected chi connectivity index (χ4v) is 3.01. The summed E-state index contributed by atoms with van der Waals surface area (Å²) >= 11 is 0. The minimum Gasteiger partial charge on any atom is -0.458 e. The molecule has 0 radical (unpaired) electrons. The van der Waals surface area contributed by atoms with Crippen molar-refractivity contribution >= 4 is 5.97 Å². The van der Waals surface area contributed by atoms with Gasteiger partial charge in [-0.15, -0.1) is 0 Å². The van der Waals surface area contributed by atoms with E-state index in [0.29, 0.717) is 0 Å². The number of hydrogen-bond acceptors (Lipinski definition) is 2. The number of allylic oxidation sites excluding steroid dienone is 9. The highest BCUT2D eigenvalue weighted by Gasteiger charge is 2.26. The molecule has 0 unspecified atom stereocenters. The van der Waals surface area contributed by atoms with E-state index in [-0.39, 0.29) is 12.0 Å². The van der Waals surface area contributed by atoms with Crippen LogP contribution in [0.1, 0.15) is 53.9 Å². The first-order valence-corrected chi connectivity index (χ1v) is 8.95. The van der Waals surface area contributed by atoms with Crippen LogP contribution in [0.25, 0.3) is 0 Å². The van der Waals surface area contributed by atoms with Crippen molar-refractivity contribution in [2.24, 2.45) is 5.41 Å². The Kier molecular flexibility index (Phi) is 8.40. The number of esters is 1. The minimum absolute atomic E-state index is 0.270. The highest BCUT2D eigenvalue weighted by molar-refractivity contribution is 5.81. The smallest absolute Gasteiger partial charge is 0.330 e. The molecule has 25 heavy (non-hydrogen) atoms. The number of carbonyl (C=O) groups is 1. The Morgan fingerprint density at radius 1 is 1.24 bits per heavy atom. The van der Waals surface area contributed by atoms with Crippen LogP contribution in [0.2, 0.25) is 0 Å². The van der Waals surface area contributed by atoms with Crippen LogP contribution in [0, 0.1) is 5.41 Å². The van der Waals surface area contributed by atoms with Gasteiger partial charge in [-0.25, -0.2) is 4.79 Å². The van der Waals surface area contributed by atoms with Gasteiger partial charge in [0.05, 0.1) is 0 Å². The summed E-state index contributed by atoms with van der Waals surface area (Å²) in [5.41, 5.74) is 5.54. The third-order valence-corrected chi connectivity index (χ3v) is 4.57. The molecule has 0 saturated carbocycles. The summed E-state index contributed by atoms with van der Waals surface area (Å²) in [5.74, 6) is -0.399. The fraction of sp³-hybridized carbons (Fsp3) is 0.435. The first kappa shape index (κ1) is 21.0. The van der Waals surface area contributed by atoms with E-state index in [2.05, 4.69) is 52.5 Å². The fourth-order valence-electron chi connectivity index (χ4n) is 3.01. The Hall–Kier alpha value is -2.09. The molecule has 0 aromatic rings. The second-order valence-corrected chi connectivity index (χ2v) is 7.32. The van der Waals surface area contributed by atoms with Crippen LogP contribution in [0.15, 0.2) is 71.4 Å².